The summed E-state index contributed by atoms with van der Waals surface area (Å²) in [6, 6.07) is 0. The maximum Gasteiger partial charge on any atom is 0.236 e. The van der Waals surface area contributed by atoms with Crippen LogP contribution in [-0.2, 0) is 18.4 Å². The number of rotatable bonds is 3. The lowest BCUT2D eigenvalue weighted by molar-refractivity contribution is -0.129. The molecule has 1 rings (SSSR count). The highest BCUT2D eigenvalue weighted by molar-refractivity contribution is 9.10. The Bertz CT molecular complexity index is 322. The van der Waals surface area contributed by atoms with Crippen molar-refractivity contribution in [1.29, 1.82) is 0 Å². The predicted molar refractivity (Wildman–Crippen MR) is 58.1 cm³/mol. The molecule has 0 radical (unpaired) electrons. The largest absolute Gasteiger partial charge is 0.340 e. The normalized spacial score (nSPS) is 12.6. The molecule has 0 spiro atoms. The van der Waals surface area contributed by atoms with E-state index in [0.29, 0.717) is 6.54 Å². The van der Waals surface area contributed by atoms with Crippen LogP contribution >= 0.6 is 15.9 Å². The van der Waals surface area contributed by atoms with E-state index in [4.69, 9.17) is 0 Å². The summed E-state index contributed by atoms with van der Waals surface area (Å²) >= 11 is 3.25. The summed E-state index contributed by atoms with van der Waals surface area (Å²) in [5.41, 5.74) is 1.04. The highest BCUT2D eigenvalue weighted by Crippen LogP contribution is 2.06. The van der Waals surface area contributed by atoms with Gasteiger partial charge in [-0.25, -0.2) is 0 Å². The molecule has 1 aromatic rings. The second-order valence-electron chi connectivity index (χ2n) is 3.33. The van der Waals surface area contributed by atoms with Crippen LogP contribution in [0.15, 0.2) is 12.4 Å². The summed E-state index contributed by atoms with van der Waals surface area (Å²) in [6.07, 6.45) is 3.67. The van der Waals surface area contributed by atoms with Gasteiger partial charge in [-0.1, -0.05) is 15.9 Å². The number of hydrogen-bond donors (Lipinski definition) is 0. The zero-order chi connectivity index (χ0) is 10.7. The standard InChI is InChI=1S/C9H14BrN3O/c1-7(10)9(14)12(2)5-8-4-11-13(3)6-8/h4,6-7H,5H2,1-3H3/t7-/m0/s1. The van der Waals surface area contributed by atoms with Gasteiger partial charge in [0.05, 0.1) is 11.0 Å². The number of aryl methyl sites for hydroxylation is 1. The van der Waals surface area contributed by atoms with Gasteiger partial charge in [0.25, 0.3) is 0 Å². The average Bonchev–Trinajstić information content (AvgIpc) is 2.49. The Morgan fingerprint density at radius 2 is 2.43 bits per heavy atom. The smallest absolute Gasteiger partial charge is 0.236 e. The Labute approximate surface area is 92.0 Å². The minimum absolute atomic E-state index is 0.0776. The topological polar surface area (TPSA) is 38.1 Å². The molecule has 1 amide bonds. The van der Waals surface area contributed by atoms with E-state index in [1.54, 1.807) is 22.8 Å². The molecular weight excluding hydrogens is 246 g/mol. The molecule has 0 fully saturated rings. The van der Waals surface area contributed by atoms with Crippen molar-refractivity contribution in [3.8, 4) is 0 Å². The first kappa shape index (κ1) is 11.2. The third kappa shape index (κ3) is 2.83. The molecule has 5 heteroatoms. The maximum atomic E-state index is 11.5. The molecule has 0 saturated carbocycles. The van der Waals surface area contributed by atoms with E-state index in [-0.39, 0.29) is 10.7 Å². The third-order valence-corrected chi connectivity index (χ3v) is 2.29. The lowest BCUT2D eigenvalue weighted by Gasteiger charge is -2.17. The van der Waals surface area contributed by atoms with Gasteiger partial charge >= 0.3 is 0 Å². The van der Waals surface area contributed by atoms with Gasteiger partial charge in [-0.05, 0) is 6.92 Å². The van der Waals surface area contributed by atoms with Gasteiger partial charge in [0.1, 0.15) is 0 Å². The van der Waals surface area contributed by atoms with Crippen molar-refractivity contribution in [2.24, 2.45) is 7.05 Å². The molecule has 0 aliphatic rings. The molecule has 0 saturated heterocycles. The number of alkyl halides is 1. The molecule has 1 aromatic heterocycles. The minimum atomic E-state index is -0.135. The number of amides is 1. The van der Waals surface area contributed by atoms with E-state index in [2.05, 4.69) is 21.0 Å². The zero-order valence-corrected chi connectivity index (χ0v) is 10.2. The highest BCUT2D eigenvalue weighted by atomic mass is 79.9. The van der Waals surface area contributed by atoms with E-state index in [0.717, 1.165) is 5.56 Å². The van der Waals surface area contributed by atoms with Crippen molar-refractivity contribution < 1.29 is 4.79 Å². The van der Waals surface area contributed by atoms with Crippen LogP contribution in [0.4, 0.5) is 0 Å². The summed E-state index contributed by atoms with van der Waals surface area (Å²) in [7, 11) is 3.64. The summed E-state index contributed by atoms with van der Waals surface area (Å²) in [5, 5.41) is 4.04. The quantitative estimate of drug-likeness (QED) is 0.765. The fourth-order valence-electron chi connectivity index (χ4n) is 1.21. The number of nitrogens with zero attached hydrogens (tertiary/aromatic N) is 3. The van der Waals surface area contributed by atoms with Gasteiger partial charge in [0.15, 0.2) is 0 Å². The van der Waals surface area contributed by atoms with Crippen LogP contribution in [0.2, 0.25) is 0 Å². The number of carbonyl (C=O) groups is 1. The van der Waals surface area contributed by atoms with Crippen LogP contribution in [-0.4, -0.2) is 32.5 Å². The fourth-order valence-corrected chi connectivity index (χ4v) is 1.56. The Morgan fingerprint density at radius 3 is 2.86 bits per heavy atom. The molecule has 0 N–H and O–H groups in total. The second kappa shape index (κ2) is 4.59. The highest BCUT2D eigenvalue weighted by Gasteiger charge is 2.14. The number of hydrogen-bond acceptors (Lipinski definition) is 2. The third-order valence-electron chi connectivity index (χ3n) is 1.89. The van der Waals surface area contributed by atoms with Crippen LogP contribution in [0, 0.1) is 0 Å². The maximum absolute atomic E-state index is 11.5. The van der Waals surface area contributed by atoms with Crippen molar-refractivity contribution in [2.45, 2.75) is 18.3 Å². The average molecular weight is 260 g/mol. The van der Waals surface area contributed by atoms with Gasteiger partial charge in [0, 0.05) is 32.4 Å². The molecule has 0 bridgehead atoms. The Kier molecular flexibility index (Phi) is 3.69. The van der Waals surface area contributed by atoms with E-state index < -0.39 is 0 Å². The van der Waals surface area contributed by atoms with Crippen molar-refractivity contribution >= 4 is 21.8 Å². The van der Waals surface area contributed by atoms with Crippen molar-refractivity contribution in [2.75, 3.05) is 7.05 Å². The first-order chi connectivity index (χ1) is 6.50. The van der Waals surface area contributed by atoms with Crippen LogP contribution < -0.4 is 0 Å². The molecule has 1 heterocycles. The van der Waals surface area contributed by atoms with Gasteiger partial charge in [0.2, 0.25) is 5.91 Å². The number of carbonyl (C=O) groups excluding carboxylic acids is 1. The first-order valence-corrected chi connectivity index (χ1v) is 5.29. The fraction of sp³-hybridized carbons (Fsp3) is 0.556. The monoisotopic (exact) mass is 259 g/mol. The van der Waals surface area contributed by atoms with E-state index in [9.17, 15) is 4.79 Å². The van der Waals surface area contributed by atoms with Gasteiger partial charge in [-0.15, -0.1) is 0 Å². The minimum Gasteiger partial charge on any atom is -0.340 e. The molecule has 14 heavy (non-hydrogen) atoms. The SMILES string of the molecule is C[C@H](Br)C(=O)N(C)Cc1cnn(C)c1. The predicted octanol–water partition coefficient (Wildman–Crippen LogP) is 1.16. The summed E-state index contributed by atoms with van der Waals surface area (Å²) < 4.78 is 1.73. The zero-order valence-electron chi connectivity index (χ0n) is 8.57. The van der Waals surface area contributed by atoms with Crippen LogP contribution in [0.1, 0.15) is 12.5 Å². The van der Waals surface area contributed by atoms with Crippen molar-refractivity contribution in [3.05, 3.63) is 18.0 Å². The van der Waals surface area contributed by atoms with Crippen LogP contribution in [0.3, 0.4) is 0 Å². The molecule has 0 aliphatic carbocycles. The molecule has 4 nitrogen and oxygen atoms in total. The molecular formula is C9H14BrN3O. The lowest BCUT2D eigenvalue weighted by Crippen LogP contribution is -2.31. The lowest BCUT2D eigenvalue weighted by atomic mass is 10.3. The summed E-state index contributed by atoms with van der Waals surface area (Å²) in [5.74, 6) is 0.0776. The van der Waals surface area contributed by atoms with E-state index in [1.807, 2.05) is 20.2 Å². The Hall–Kier alpha value is -0.840. The molecule has 0 unspecified atom stereocenters. The van der Waals surface area contributed by atoms with Crippen LogP contribution in [0.25, 0.3) is 0 Å². The summed E-state index contributed by atoms with van der Waals surface area (Å²) in [4.78, 5) is 13.0. The molecule has 0 aromatic carbocycles. The molecule has 1 atom stereocenters. The summed E-state index contributed by atoms with van der Waals surface area (Å²) in [6.45, 7) is 2.42. The van der Waals surface area contributed by atoms with Crippen molar-refractivity contribution in [1.82, 2.24) is 14.7 Å². The van der Waals surface area contributed by atoms with Gasteiger partial charge < -0.3 is 4.90 Å². The number of aromatic nitrogens is 2. The van der Waals surface area contributed by atoms with E-state index >= 15 is 0 Å². The molecule has 78 valence electrons. The Morgan fingerprint density at radius 1 is 1.79 bits per heavy atom. The van der Waals surface area contributed by atoms with Crippen molar-refractivity contribution in [3.63, 3.8) is 0 Å². The van der Waals surface area contributed by atoms with Crippen LogP contribution in [0.5, 0.6) is 0 Å². The first-order valence-electron chi connectivity index (χ1n) is 4.37. The Balaban J connectivity index is 2.57. The second-order valence-corrected chi connectivity index (χ2v) is 4.71. The van der Waals surface area contributed by atoms with Gasteiger partial charge in [-0.3, -0.25) is 9.48 Å². The van der Waals surface area contributed by atoms with Gasteiger partial charge in [-0.2, -0.15) is 5.10 Å². The van der Waals surface area contributed by atoms with E-state index in [1.165, 1.54) is 0 Å². The number of halogens is 1. The molecule has 0 aliphatic heterocycles.